The highest BCUT2D eigenvalue weighted by atomic mass is 79.9. The SMILES string of the molecule is CC(=O)N(C)N=Nc1ccc(Br)cc1. The normalized spacial score (nSPS) is 10.5. The van der Waals surface area contributed by atoms with Gasteiger partial charge in [-0.05, 0) is 24.3 Å². The Hall–Kier alpha value is -1.23. The summed E-state index contributed by atoms with van der Waals surface area (Å²) < 4.78 is 0.983. The molecule has 0 aliphatic heterocycles. The zero-order valence-corrected chi connectivity index (χ0v) is 9.52. The van der Waals surface area contributed by atoms with Crippen LogP contribution in [0.1, 0.15) is 6.92 Å². The van der Waals surface area contributed by atoms with Crippen LogP contribution in [0.4, 0.5) is 5.69 Å². The third-order valence-corrected chi connectivity index (χ3v) is 2.11. The van der Waals surface area contributed by atoms with Crippen LogP contribution in [0.3, 0.4) is 0 Å². The number of rotatable bonds is 2. The summed E-state index contributed by atoms with van der Waals surface area (Å²) in [7, 11) is 1.56. The van der Waals surface area contributed by atoms with Crippen LogP contribution in [-0.4, -0.2) is 18.0 Å². The third-order valence-electron chi connectivity index (χ3n) is 1.58. The molecule has 0 N–H and O–H groups in total. The summed E-state index contributed by atoms with van der Waals surface area (Å²) in [5, 5.41) is 8.78. The number of benzene rings is 1. The summed E-state index contributed by atoms with van der Waals surface area (Å²) in [6.07, 6.45) is 0. The first-order chi connectivity index (χ1) is 6.59. The van der Waals surface area contributed by atoms with Gasteiger partial charge in [-0.15, -0.1) is 5.11 Å². The molecular formula is C9H10BrN3O. The van der Waals surface area contributed by atoms with E-state index in [0.29, 0.717) is 5.69 Å². The Bertz CT molecular complexity index is 348. The average Bonchev–Trinajstić information content (AvgIpc) is 2.16. The van der Waals surface area contributed by atoms with Gasteiger partial charge in [-0.1, -0.05) is 21.2 Å². The summed E-state index contributed by atoms with van der Waals surface area (Å²) in [4.78, 5) is 10.8. The van der Waals surface area contributed by atoms with Crippen molar-refractivity contribution >= 4 is 27.5 Å². The van der Waals surface area contributed by atoms with E-state index in [1.54, 1.807) is 7.05 Å². The van der Waals surface area contributed by atoms with Crippen LogP contribution in [0.25, 0.3) is 0 Å². The van der Waals surface area contributed by atoms with Crippen molar-refractivity contribution in [1.82, 2.24) is 5.01 Å². The Kier molecular flexibility index (Phi) is 3.76. The molecule has 1 rings (SSSR count). The molecule has 0 aromatic heterocycles. The van der Waals surface area contributed by atoms with Gasteiger partial charge in [0.2, 0.25) is 5.91 Å². The average molecular weight is 256 g/mol. The molecule has 0 aliphatic carbocycles. The van der Waals surface area contributed by atoms with Gasteiger partial charge in [0.1, 0.15) is 0 Å². The van der Waals surface area contributed by atoms with Crippen molar-refractivity contribution < 1.29 is 4.79 Å². The van der Waals surface area contributed by atoms with Crippen LogP contribution in [0.5, 0.6) is 0 Å². The molecular weight excluding hydrogens is 246 g/mol. The van der Waals surface area contributed by atoms with Crippen LogP contribution in [-0.2, 0) is 4.79 Å². The van der Waals surface area contributed by atoms with Gasteiger partial charge in [0.25, 0.3) is 0 Å². The first-order valence-corrected chi connectivity index (χ1v) is 4.80. The lowest BCUT2D eigenvalue weighted by molar-refractivity contribution is -0.127. The minimum atomic E-state index is -0.147. The van der Waals surface area contributed by atoms with E-state index in [9.17, 15) is 4.79 Å². The molecule has 0 heterocycles. The summed E-state index contributed by atoms with van der Waals surface area (Å²) >= 11 is 3.31. The van der Waals surface area contributed by atoms with Crippen molar-refractivity contribution in [3.63, 3.8) is 0 Å². The van der Waals surface area contributed by atoms with E-state index in [1.165, 1.54) is 11.9 Å². The highest BCUT2D eigenvalue weighted by Gasteiger charge is 1.97. The Labute approximate surface area is 90.7 Å². The van der Waals surface area contributed by atoms with Crippen LogP contribution in [0.15, 0.2) is 39.1 Å². The maximum atomic E-state index is 10.8. The molecule has 0 radical (unpaired) electrons. The van der Waals surface area contributed by atoms with E-state index in [4.69, 9.17) is 0 Å². The van der Waals surface area contributed by atoms with Gasteiger partial charge in [0, 0.05) is 18.4 Å². The summed E-state index contributed by atoms with van der Waals surface area (Å²) in [6, 6.07) is 7.34. The molecule has 0 fully saturated rings. The van der Waals surface area contributed by atoms with E-state index in [1.807, 2.05) is 24.3 Å². The number of hydrogen-bond acceptors (Lipinski definition) is 3. The van der Waals surface area contributed by atoms with Crippen molar-refractivity contribution in [3.05, 3.63) is 28.7 Å². The molecule has 1 aromatic rings. The van der Waals surface area contributed by atoms with Gasteiger partial charge in [0.05, 0.1) is 5.69 Å². The number of carbonyl (C=O) groups excluding carboxylic acids is 1. The standard InChI is InChI=1S/C9H10BrN3O/c1-7(14)13(2)12-11-9-5-3-8(10)4-6-9/h3-6H,1-2H3. The summed E-state index contributed by atoms with van der Waals surface area (Å²) in [5.74, 6) is -0.147. The van der Waals surface area contributed by atoms with Gasteiger partial charge < -0.3 is 0 Å². The largest absolute Gasteiger partial charge is 0.273 e. The summed E-state index contributed by atoms with van der Waals surface area (Å²) in [5.41, 5.74) is 0.710. The molecule has 0 saturated heterocycles. The minimum absolute atomic E-state index is 0.147. The molecule has 1 amide bonds. The van der Waals surface area contributed by atoms with E-state index < -0.39 is 0 Å². The van der Waals surface area contributed by atoms with Crippen LogP contribution in [0.2, 0.25) is 0 Å². The Morgan fingerprint density at radius 3 is 2.43 bits per heavy atom. The van der Waals surface area contributed by atoms with Gasteiger partial charge >= 0.3 is 0 Å². The molecule has 0 atom stereocenters. The quantitative estimate of drug-likeness (QED) is 0.592. The smallest absolute Gasteiger partial charge is 0.240 e. The number of hydrogen-bond donors (Lipinski definition) is 0. The first kappa shape index (κ1) is 10.8. The zero-order chi connectivity index (χ0) is 10.6. The molecule has 74 valence electrons. The molecule has 0 aliphatic rings. The zero-order valence-electron chi connectivity index (χ0n) is 7.94. The second kappa shape index (κ2) is 4.85. The molecule has 0 bridgehead atoms. The molecule has 1 aromatic carbocycles. The maximum Gasteiger partial charge on any atom is 0.240 e. The summed E-state index contributed by atoms with van der Waals surface area (Å²) in [6.45, 7) is 1.43. The highest BCUT2D eigenvalue weighted by molar-refractivity contribution is 9.10. The predicted molar refractivity (Wildman–Crippen MR) is 57.1 cm³/mol. The molecule has 0 unspecified atom stereocenters. The van der Waals surface area contributed by atoms with Crippen molar-refractivity contribution in [2.75, 3.05) is 7.05 Å². The van der Waals surface area contributed by atoms with Crippen LogP contribution < -0.4 is 0 Å². The van der Waals surface area contributed by atoms with Crippen LogP contribution >= 0.6 is 15.9 Å². The maximum absolute atomic E-state index is 10.8. The van der Waals surface area contributed by atoms with Crippen molar-refractivity contribution in [2.45, 2.75) is 6.92 Å². The lowest BCUT2D eigenvalue weighted by Gasteiger charge is -2.03. The van der Waals surface area contributed by atoms with Crippen molar-refractivity contribution in [3.8, 4) is 0 Å². The van der Waals surface area contributed by atoms with E-state index in [0.717, 1.165) is 4.47 Å². The van der Waals surface area contributed by atoms with E-state index >= 15 is 0 Å². The van der Waals surface area contributed by atoms with Crippen LogP contribution in [0, 0.1) is 0 Å². The molecule has 0 spiro atoms. The Balaban J connectivity index is 2.69. The Morgan fingerprint density at radius 2 is 1.93 bits per heavy atom. The lowest BCUT2D eigenvalue weighted by Crippen LogP contribution is -2.15. The fraction of sp³-hybridized carbons (Fsp3) is 0.222. The van der Waals surface area contributed by atoms with Crippen molar-refractivity contribution in [1.29, 1.82) is 0 Å². The number of halogens is 1. The lowest BCUT2D eigenvalue weighted by atomic mass is 10.3. The fourth-order valence-electron chi connectivity index (χ4n) is 0.689. The topological polar surface area (TPSA) is 45.0 Å². The second-order valence-corrected chi connectivity index (χ2v) is 3.62. The fourth-order valence-corrected chi connectivity index (χ4v) is 0.954. The Morgan fingerprint density at radius 1 is 1.36 bits per heavy atom. The molecule has 0 saturated carbocycles. The second-order valence-electron chi connectivity index (χ2n) is 2.71. The van der Waals surface area contributed by atoms with Gasteiger partial charge in [-0.3, -0.25) is 4.79 Å². The first-order valence-electron chi connectivity index (χ1n) is 4.01. The highest BCUT2D eigenvalue weighted by Crippen LogP contribution is 2.17. The number of carbonyl (C=O) groups is 1. The van der Waals surface area contributed by atoms with E-state index in [2.05, 4.69) is 26.3 Å². The third kappa shape index (κ3) is 3.26. The number of amides is 1. The molecule has 4 nitrogen and oxygen atoms in total. The van der Waals surface area contributed by atoms with Gasteiger partial charge in [0.15, 0.2) is 0 Å². The van der Waals surface area contributed by atoms with Gasteiger partial charge in [-0.2, -0.15) is 0 Å². The van der Waals surface area contributed by atoms with E-state index in [-0.39, 0.29) is 5.91 Å². The molecule has 5 heteroatoms. The number of nitrogens with zero attached hydrogens (tertiary/aromatic N) is 3. The molecule has 14 heavy (non-hydrogen) atoms. The van der Waals surface area contributed by atoms with Crippen molar-refractivity contribution in [2.24, 2.45) is 10.3 Å². The minimum Gasteiger partial charge on any atom is -0.273 e. The monoisotopic (exact) mass is 255 g/mol. The predicted octanol–water partition coefficient (Wildman–Crippen LogP) is 2.93. The van der Waals surface area contributed by atoms with Gasteiger partial charge in [-0.25, -0.2) is 5.01 Å².